The van der Waals surface area contributed by atoms with Crippen LogP contribution in [-0.4, -0.2) is 44.0 Å². The first-order chi connectivity index (χ1) is 18.9. The van der Waals surface area contributed by atoms with E-state index in [0.717, 1.165) is 41.2 Å². The third-order valence-corrected chi connectivity index (χ3v) is 7.78. The summed E-state index contributed by atoms with van der Waals surface area (Å²) in [5, 5.41) is 11.8. The van der Waals surface area contributed by atoms with E-state index < -0.39 is 17.7 Å². The number of anilines is 3. The van der Waals surface area contributed by atoms with Crippen molar-refractivity contribution in [1.29, 1.82) is 0 Å². The molecule has 1 aliphatic heterocycles. The van der Waals surface area contributed by atoms with Gasteiger partial charge in [0.05, 0.1) is 11.6 Å². The van der Waals surface area contributed by atoms with Crippen molar-refractivity contribution < 1.29 is 14.7 Å². The standard InChI is InChI=1S/C34H41N3O3/c1-9-36(10-2)26-15-12-23(13-16-26)30-29(31(38)28-21-24(34(4,5)6)14-11-22(28)3)32(39)33(40)37(30)27-19-17-25(18-20-27)35(7)8/h11-21,30,38H,9-10H2,1-8H3/b31-29+. The molecule has 0 aromatic heterocycles. The van der Waals surface area contributed by atoms with Gasteiger partial charge >= 0.3 is 0 Å². The molecule has 0 radical (unpaired) electrons. The smallest absolute Gasteiger partial charge is 0.300 e. The molecule has 3 aromatic carbocycles. The number of amides is 1. The Labute approximate surface area is 238 Å². The fraction of sp³-hybridized carbons (Fsp3) is 0.353. The maximum Gasteiger partial charge on any atom is 0.300 e. The lowest BCUT2D eigenvalue weighted by molar-refractivity contribution is -0.132. The topological polar surface area (TPSA) is 64.1 Å². The van der Waals surface area contributed by atoms with E-state index in [2.05, 4.69) is 39.5 Å². The highest BCUT2D eigenvalue weighted by atomic mass is 16.3. The van der Waals surface area contributed by atoms with Crippen LogP contribution in [0, 0.1) is 6.92 Å². The highest BCUT2D eigenvalue weighted by Gasteiger charge is 2.47. The maximum absolute atomic E-state index is 13.7. The van der Waals surface area contributed by atoms with Crippen LogP contribution in [0.15, 0.2) is 72.3 Å². The van der Waals surface area contributed by atoms with Gasteiger partial charge in [-0.25, -0.2) is 0 Å². The van der Waals surface area contributed by atoms with Crippen LogP contribution in [0.3, 0.4) is 0 Å². The van der Waals surface area contributed by atoms with Crippen molar-refractivity contribution >= 4 is 34.5 Å². The van der Waals surface area contributed by atoms with Gasteiger partial charge in [0.2, 0.25) is 0 Å². The third-order valence-electron chi connectivity index (χ3n) is 7.78. The lowest BCUT2D eigenvalue weighted by atomic mass is 9.84. The van der Waals surface area contributed by atoms with Gasteiger partial charge in [0.25, 0.3) is 11.7 Å². The molecule has 0 spiro atoms. The largest absolute Gasteiger partial charge is 0.507 e. The number of rotatable bonds is 7. The molecular formula is C34H41N3O3. The summed E-state index contributed by atoms with van der Waals surface area (Å²) in [5.41, 5.74) is 5.80. The summed E-state index contributed by atoms with van der Waals surface area (Å²) < 4.78 is 0. The molecule has 1 atom stereocenters. The molecule has 1 unspecified atom stereocenters. The van der Waals surface area contributed by atoms with E-state index >= 15 is 0 Å². The van der Waals surface area contributed by atoms with Crippen LogP contribution in [0.25, 0.3) is 5.76 Å². The Morgan fingerprint density at radius 3 is 1.98 bits per heavy atom. The van der Waals surface area contributed by atoms with E-state index in [0.29, 0.717) is 11.3 Å². The number of aliphatic hydroxyl groups is 1. The first-order valence-electron chi connectivity index (χ1n) is 13.9. The number of carbonyl (C=O) groups is 2. The quantitative estimate of drug-likeness (QED) is 0.203. The second-order valence-corrected chi connectivity index (χ2v) is 11.6. The molecule has 1 saturated heterocycles. The Balaban J connectivity index is 1.93. The van der Waals surface area contributed by atoms with Crippen LogP contribution in [0.1, 0.15) is 62.9 Å². The van der Waals surface area contributed by atoms with Crippen molar-refractivity contribution in [3.05, 3.63) is 94.6 Å². The van der Waals surface area contributed by atoms with Gasteiger partial charge in [0.15, 0.2) is 0 Å². The molecule has 6 heteroatoms. The van der Waals surface area contributed by atoms with Gasteiger partial charge in [0.1, 0.15) is 5.76 Å². The molecule has 1 heterocycles. The summed E-state index contributed by atoms with van der Waals surface area (Å²) in [5.74, 6) is -1.48. The molecule has 0 saturated carbocycles. The highest BCUT2D eigenvalue weighted by Crippen LogP contribution is 2.43. The van der Waals surface area contributed by atoms with Crippen molar-refractivity contribution in [2.24, 2.45) is 0 Å². The predicted molar refractivity (Wildman–Crippen MR) is 165 cm³/mol. The highest BCUT2D eigenvalue weighted by molar-refractivity contribution is 6.51. The average Bonchev–Trinajstić information content (AvgIpc) is 3.19. The Kier molecular flexibility index (Phi) is 8.10. The van der Waals surface area contributed by atoms with Crippen molar-refractivity contribution in [2.45, 2.75) is 53.0 Å². The number of hydrogen-bond acceptors (Lipinski definition) is 5. The van der Waals surface area contributed by atoms with Gasteiger partial charge in [-0.15, -0.1) is 0 Å². The monoisotopic (exact) mass is 539 g/mol. The summed E-state index contributed by atoms with van der Waals surface area (Å²) in [4.78, 5) is 33.1. The zero-order valence-electron chi connectivity index (χ0n) is 24.9. The van der Waals surface area contributed by atoms with Crippen LogP contribution in [0.4, 0.5) is 17.1 Å². The fourth-order valence-electron chi connectivity index (χ4n) is 5.27. The van der Waals surface area contributed by atoms with Gasteiger partial charge < -0.3 is 14.9 Å². The van der Waals surface area contributed by atoms with Crippen LogP contribution in [-0.2, 0) is 15.0 Å². The summed E-state index contributed by atoms with van der Waals surface area (Å²) in [6, 6.07) is 20.7. The van der Waals surface area contributed by atoms with E-state index in [-0.39, 0.29) is 16.7 Å². The van der Waals surface area contributed by atoms with E-state index in [4.69, 9.17) is 0 Å². The molecule has 40 heavy (non-hydrogen) atoms. The number of benzene rings is 3. The number of hydrogen-bond donors (Lipinski definition) is 1. The minimum absolute atomic E-state index is 0.103. The van der Waals surface area contributed by atoms with Crippen LogP contribution >= 0.6 is 0 Å². The lowest BCUT2D eigenvalue weighted by Crippen LogP contribution is -2.29. The zero-order valence-corrected chi connectivity index (χ0v) is 24.9. The number of ketones is 1. The number of aliphatic hydroxyl groups excluding tert-OH is 1. The van der Waals surface area contributed by atoms with Crippen molar-refractivity contribution in [2.75, 3.05) is 41.9 Å². The molecule has 6 nitrogen and oxygen atoms in total. The van der Waals surface area contributed by atoms with Crippen LogP contribution in [0.5, 0.6) is 0 Å². The molecule has 3 aromatic rings. The Hall–Kier alpha value is -4.06. The molecule has 0 bridgehead atoms. The van der Waals surface area contributed by atoms with Crippen molar-refractivity contribution in [1.82, 2.24) is 0 Å². The summed E-state index contributed by atoms with van der Waals surface area (Å²) >= 11 is 0. The van der Waals surface area contributed by atoms with Crippen molar-refractivity contribution in [3.63, 3.8) is 0 Å². The minimum Gasteiger partial charge on any atom is -0.507 e. The predicted octanol–water partition coefficient (Wildman–Crippen LogP) is 6.83. The molecule has 1 aliphatic rings. The van der Waals surface area contributed by atoms with E-state index in [1.165, 1.54) is 4.90 Å². The van der Waals surface area contributed by atoms with Gasteiger partial charge in [-0.05, 0) is 85.3 Å². The normalized spacial score (nSPS) is 16.9. The van der Waals surface area contributed by atoms with E-state index in [1.54, 1.807) is 0 Å². The molecule has 4 rings (SSSR count). The number of aryl methyl sites for hydroxylation is 1. The second-order valence-electron chi connectivity index (χ2n) is 11.6. The lowest BCUT2D eigenvalue weighted by Gasteiger charge is -2.27. The zero-order chi connectivity index (χ0) is 29.4. The molecule has 1 fully saturated rings. The summed E-state index contributed by atoms with van der Waals surface area (Å²) in [6.45, 7) is 14.2. The third kappa shape index (κ3) is 5.35. The molecule has 1 N–H and O–H groups in total. The molecular weight excluding hydrogens is 498 g/mol. The molecule has 0 aliphatic carbocycles. The molecule has 210 valence electrons. The first kappa shape index (κ1) is 28.9. The number of nitrogens with zero attached hydrogens (tertiary/aromatic N) is 3. The fourth-order valence-corrected chi connectivity index (χ4v) is 5.27. The Morgan fingerprint density at radius 2 is 1.45 bits per heavy atom. The van der Waals surface area contributed by atoms with Crippen LogP contribution in [0.2, 0.25) is 0 Å². The minimum atomic E-state index is -0.770. The number of Topliss-reactive ketones (excluding diaryl/α,β-unsaturated/α-hetero) is 1. The summed E-state index contributed by atoms with van der Waals surface area (Å²) in [6.07, 6.45) is 0. The van der Waals surface area contributed by atoms with E-state index in [1.807, 2.05) is 92.6 Å². The van der Waals surface area contributed by atoms with Gasteiger partial charge in [-0.2, -0.15) is 0 Å². The summed E-state index contributed by atoms with van der Waals surface area (Å²) in [7, 11) is 3.90. The van der Waals surface area contributed by atoms with Gasteiger partial charge in [0, 0.05) is 49.8 Å². The van der Waals surface area contributed by atoms with Gasteiger partial charge in [-0.1, -0.05) is 45.0 Å². The van der Waals surface area contributed by atoms with E-state index in [9.17, 15) is 14.7 Å². The van der Waals surface area contributed by atoms with Gasteiger partial charge in [-0.3, -0.25) is 14.5 Å². The second kappa shape index (κ2) is 11.2. The molecule has 1 amide bonds. The van der Waals surface area contributed by atoms with Crippen molar-refractivity contribution in [3.8, 4) is 0 Å². The average molecular weight is 540 g/mol. The van der Waals surface area contributed by atoms with Crippen LogP contribution < -0.4 is 14.7 Å². The first-order valence-corrected chi connectivity index (χ1v) is 13.9. The maximum atomic E-state index is 13.7. The Morgan fingerprint density at radius 1 is 0.875 bits per heavy atom. The number of carbonyl (C=O) groups excluding carboxylic acids is 2. The Bertz CT molecular complexity index is 1430. The SMILES string of the molecule is CCN(CC)c1ccc(C2/C(=C(\O)c3cc(C(C)(C)C)ccc3C)C(=O)C(=O)N2c2ccc(N(C)C)cc2)cc1.